The van der Waals surface area contributed by atoms with Crippen molar-refractivity contribution in [3.63, 3.8) is 0 Å². The van der Waals surface area contributed by atoms with Crippen molar-refractivity contribution in [1.29, 1.82) is 0 Å². The van der Waals surface area contributed by atoms with Crippen molar-refractivity contribution in [3.05, 3.63) is 64.5 Å². The number of benzene rings is 2. The maximum atomic E-state index is 13.4. The van der Waals surface area contributed by atoms with Crippen LogP contribution in [0, 0.1) is 5.82 Å². The van der Waals surface area contributed by atoms with E-state index >= 15 is 0 Å². The van der Waals surface area contributed by atoms with Gasteiger partial charge < -0.3 is 9.84 Å². The van der Waals surface area contributed by atoms with Crippen LogP contribution in [0.5, 0.6) is 5.75 Å². The van der Waals surface area contributed by atoms with Crippen molar-refractivity contribution in [2.24, 2.45) is 0 Å². The minimum Gasteiger partial charge on any atom is -0.494 e. The van der Waals surface area contributed by atoms with E-state index < -0.39 is 11.9 Å². The van der Waals surface area contributed by atoms with E-state index in [1.165, 1.54) is 24.3 Å². The van der Waals surface area contributed by atoms with E-state index in [2.05, 4.69) is 19.9 Å². The highest BCUT2D eigenvalue weighted by Gasteiger charge is 2.14. The topological polar surface area (TPSA) is 29.5 Å². The second-order valence-electron chi connectivity index (χ2n) is 5.03. The van der Waals surface area contributed by atoms with Crippen LogP contribution < -0.4 is 4.74 Å². The molecular formula is C18H21FO2. The summed E-state index contributed by atoms with van der Waals surface area (Å²) in [5, 5.41) is 10.5. The molecule has 2 aromatic carbocycles. The fourth-order valence-corrected chi connectivity index (χ4v) is 2.53. The summed E-state index contributed by atoms with van der Waals surface area (Å²) in [5.74, 6) is -0.281. The van der Waals surface area contributed by atoms with Crippen LogP contribution in [0.3, 0.4) is 0 Å². The standard InChI is InChI=1S/C18H21FO2/c1-4-12-6-7-14(10-13(12)5-2)18(20)15-8-9-16(19)17(11-15)21-3/h6-11,18,20H,4-5H2,1-3H3. The van der Waals surface area contributed by atoms with Crippen molar-refractivity contribution in [2.45, 2.75) is 32.8 Å². The Labute approximate surface area is 125 Å². The van der Waals surface area contributed by atoms with E-state index in [0.29, 0.717) is 5.56 Å². The van der Waals surface area contributed by atoms with E-state index in [4.69, 9.17) is 4.74 Å². The highest BCUT2D eigenvalue weighted by Crippen LogP contribution is 2.28. The number of methoxy groups -OCH3 is 1. The summed E-state index contributed by atoms with van der Waals surface area (Å²) in [6, 6.07) is 10.5. The largest absolute Gasteiger partial charge is 0.494 e. The molecule has 0 bridgehead atoms. The SMILES string of the molecule is CCc1ccc(C(O)c2ccc(F)c(OC)c2)cc1CC. The third-order valence-electron chi connectivity index (χ3n) is 3.80. The van der Waals surface area contributed by atoms with Gasteiger partial charge in [0.25, 0.3) is 0 Å². The maximum absolute atomic E-state index is 13.4. The van der Waals surface area contributed by atoms with Crippen LogP contribution in [0.15, 0.2) is 36.4 Å². The first-order valence-corrected chi connectivity index (χ1v) is 7.23. The van der Waals surface area contributed by atoms with Gasteiger partial charge in [-0.15, -0.1) is 0 Å². The van der Waals surface area contributed by atoms with Crippen LogP contribution >= 0.6 is 0 Å². The highest BCUT2D eigenvalue weighted by atomic mass is 19.1. The molecule has 2 rings (SSSR count). The Morgan fingerprint density at radius 2 is 1.62 bits per heavy atom. The Kier molecular flexibility index (Phi) is 4.97. The van der Waals surface area contributed by atoms with Gasteiger partial charge in [0.15, 0.2) is 11.6 Å². The zero-order valence-corrected chi connectivity index (χ0v) is 12.7. The molecule has 0 aliphatic rings. The molecule has 0 heterocycles. The van der Waals surface area contributed by atoms with Crippen LogP contribution in [0.1, 0.15) is 42.2 Å². The molecule has 1 atom stereocenters. The van der Waals surface area contributed by atoms with E-state index in [1.807, 2.05) is 12.1 Å². The lowest BCUT2D eigenvalue weighted by molar-refractivity contribution is 0.219. The first kappa shape index (κ1) is 15.5. The lowest BCUT2D eigenvalue weighted by atomic mass is 9.95. The summed E-state index contributed by atoms with van der Waals surface area (Å²) >= 11 is 0. The lowest BCUT2D eigenvalue weighted by Gasteiger charge is -2.15. The van der Waals surface area contributed by atoms with Gasteiger partial charge in [-0.1, -0.05) is 38.1 Å². The van der Waals surface area contributed by atoms with Crippen molar-refractivity contribution in [1.82, 2.24) is 0 Å². The Bertz CT molecular complexity index is 623. The summed E-state index contributed by atoms with van der Waals surface area (Å²) in [4.78, 5) is 0. The maximum Gasteiger partial charge on any atom is 0.165 e. The van der Waals surface area contributed by atoms with Crippen LogP contribution in [-0.4, -0.2) is 12.2 Å². The Hall–Kier alpha value is -1.87. The van der Waals surface area contributed by atoms with Gasteiger partial charge in [0.1, 0.15) is 6.10 Å². The summed E-state index contributed by atoms with van der Waals surface area (Å²) in [6.45, 7) is 4.22. The van der Waals surface area contributed by atoms with Gasteiger partial charge in [-0.25, -0.2) is 4.39 Å². The molecule has 1 N–H and O–H groups in total. The fourth-order valence-electron chi connectivity index (χ4n) is 2.53. The number of hydrogen-bond donors (Lipinski definition) is 1. The normalized spacial score (nSPS) is 12.2. The van der Waals surface area contributed by atoms with Gasteiger partial charge in [-0.3, -0.25) is 0 Å². The molecule has 0 aliphatic heterocycles. The van der Waals surface area contributed by atoms with Crippen molar-refractivity contribution < 1.29 is 14.2 Å². The molecule has 0 saturated carbocycles. The lowest BCUT2D eigenvalue weighted by Crippen LogP contribution is -2.03. The quantitative estimate of drug-likeness (QED) is 0.899. The molecule has 21 heavy (non-hydrogen) atoms. The number of rotatable bonds is 5. The molecule has 0 spiro atoms. The smallest absolute Gasteiger partial charge is 0.165 e. The number of hydrogen-bond acceptors (Lipinski definition) is 2. The predicted octanol–water partition coefficient (Wildman–Crippen LogP) is 4.04. The average Bonchev–Trinajstić information content (AvgIpc) is 2.53. The summed E-state index contributed by atoms with van der Waals surface area (Å²) in [5.41, 5.74) is 3.98. The zero-order chi connectivity index (χ0) is 15.4. The highest BCUT2D eigenvalue weighted by molar-refractivity contribution is 5.39. The Morgan fingerprint density at radius 3 is 2.24 bits per heavy atom. The van der Waals surface area contributed by atoms with E-state index in [-0.39, 0.29) is 5.75 Å². The van der Waals surface area contributed by atoms with Crippen LogP contribution in [0.2, 0.25) is 0 Å². The van der Waals surface area contributed by atoms with E-state index in [0.717, 1.165) is 18.4 Å². The molecule has 0 saturated heterocycles. The molecule has 2 nitrogen and oxygen atoms in total. The summed E-state index contributed by atoms with van der Waals surface area (Å²) < 4.78 is 18.4. The predicted molar refractivity (Wildman–Crippen MR) is 82.2 cm³/mol. The van der Waals surface area contributed by atoms with E-state index in [1.54, 1.807) is 12.1 Å². The second-order valence-corrected chi connectivity index (χ2v) is 5.03. The molecule has 2 aromatic rings. The van der Waals surface area contributed by atoms with Crippen LogP contribution in [0.4, 0.5) is 4.39 Å². The third-order valence-corrected chi connectivity index (χ3v) is 3.80. The Balaban J connectivity index is 2.37. The summed E-state index contributed by atoms with van der Waals surface area (Å²) in [6.07, 6.45) is 1.12. The molecule has 1 unspecified atom stereocenters. The Morgan fingerprint density at radius 1 is 1.00 bits per heavy atom. The van der Waals surface area contributed by atoms with Crippen LogP contribution in [0.25, 0.3) is 0 Å². The van der Waals surface area contributed by atoms with Gasteiger partial charge >= 0.3 is 0 Å². The number of aliphatic hydroxyl groups excluding tert-OH is 1. The number of halogens is 1. The minimum atomic E-state index is -0.782. The first-order chi connectivity index (χ1) is 10.1. The van der Waals surface area contributed by atoms with Crippen molar-refractivity contribution in [2.75, 3.05) is 7.11 Å². The number of aryl methyl sites for hydroxylation is 2. The molecule has 0 radical (unpaired) electrons. The number of ether oxygens (including phenoxy) is 1. The van der Waals surface area contributed by atoms with Gasteiger partial charge in [0.2, 0.25) is 0 Å². The minimum absolute atomic E-state index is 0.146. The van der Waals surface area contributed by atoms with Crippen molar-refractivity contribution in [3.8, 4) is 5.75 Å². The fraction of sp³-hybridized carbons (Fsp3) is 0.333. The molecule has 3 heteroatoms. The monoisotopic (exact) mass is 288 g/mol. The molecule has 0 amide bonds. The van der Waals surface area contributed by atoms with E-state index in [9.17, 15) is 9.50 Å². The molecular weight excluding hydrogens is 267 g/mol. The summed E-state index contributed by atoms with van der Waals surface area (Å²) in [7, 11) is 1.42. The van der Waals surface area contributed by atoms with Gasteiger partial charge in [-0.05, 0) is 47.2 Å². The first-order valence-electron chi connectivity index (χ1n) is 7.23. The second kappa shape index (κ2) is 6.72. The van der Waals surface area contributed by atoms with Gasteiger partial charge in [0, 0.05) is 0 Å². The molecule has 0 aromatic heterocycles. The zero-order valence-electron chi connectivity index (χ0n) is 12.7. The number of aliphatic hydroxyl groups is 1. The molecule has 112 valence electrons. The molecule has 0 aliphatic carbocycles. The molecule has 0 fully saturated rings. The van der Waals surface area contributed by atoms with Crippen molar-refractivity contribution >= 4 is 0 Å². The van der Waals surface area contributed by atoms with Gasteiger partial charge in [0.05, 0.1) is 7.11 Å². The van der Waals surface area contributed by atoms with Crippen LogP contribution in [-0.2, 0) is 12.8 Å². The van der Waals surface area contributed by atoms with Gasteiger partial charge in [-0.2, -0.15) is 0 Å². The average molecular weight is 288 g/mol. The third kappa shape index (κ3) is 3.24.